The Hall–Kier alpha value is -0.870. The Balaban J connectivity index is 1.56. The zero-order valence-corrected chi connectivity index (χ0v) is 13.4. The Morgan fingerprint density at radius 2 is 1.81 bits per heavy atom. The van der Waals surface area contributed by atoms with Crippen molar-refractivity contribution in [1.82, 2.24) is 0 Å². The van der Waals surface area contributed by atoms with Crippen molar-refractivity contribution in [2.45, 2.75) is 49.5 Å². The van der Waals surface area contributed by atoms with Crippen LogP contribution in [0.4, 0.5) is 0 Å². The molecule has 0 radical (unpaired) electrons. The van der Waals surface area contributed by atoms with E-state index in [2.05, 4.69) is 12.1 Å². The molecular weight excluding hydrogens is 282 g/mol. The maximum atomic E-state index is 6.38. The molecule has 21 heavy (non-hydrogen) atoms. The number of rotatable bonds is 4. The van der Waals surface area contributed by atoms with E-state index in [0.717, 1.165) is 36.9 Å². The van der Waals surface area contributed by atoms with Gasteiger partial charge in [0.1, 0.15) is 0 Å². The first kappa shape index (κ1) is 15.0. The predicted octanol–water partition coefficient (Wildman–Crippen LogP) is 3.85. The molecule has 0 amide bonds. The van der Waals surface area contributed by atoms with Gasteiger partial charge in [0.15, 0.2) is 11.5 Å². The van der Waals surface area contributed by atoms with Gasteiger partial charge >= 0.3 is 0 Å². The molecule has 1 atom stereocenters. The molecule has 116 valence electrons. The van der Waals surface area contributed by atoms with Crippen molar-refractivity contribution in [3.63, 3.8) is 0 Å². The fourth-order valence-corrected chi connectivity index (χ4v) is 4.14. The second-order valence-electron chi connectivity index (χ2n) is 6.03. The highest BCUT2D eigenvalue weighted by Crippen LogP contribution is 2.35. The highest BCUT2D eigenvalue weighted by atomic mass is 32.2. The first-order chi connectivity index (χ1) is 10.3. The van der Waals surface area contributed by atoms with Crippen LogP contribution in [-0.2, 0) is 0 Å². The zero-order valence-electron chi connectivity index (χ0n) is 12.6. The molecule has 1 aliphatic carbocycles. The average Bonchev–Trinajstić information content (AvgIpc) is 2.78. The summed E-state index contributed by atoms with van der Waals surface area (Å²) in [5, 5.41) is 0. The Kier molecular flexibility index (Phi) is 5.31. The van der Waals surface area contributed by atoms with E-state index in [4.69, 9.17) is 15.2 Å². The molecule has 0 bridgehead atoms. The summed E-state index contributed by atoms with van der Waals surface area (Å²) in [4.78, 5) is 1.23. The van der Waals surface area contributed by atoms with Crippen molar-refractivity contribution in [2.24, 2.45) is 11.7 Å². The highest BCUT2D eigenvalue weighted by Gasteiger charge is 2.20. The van der Waals surface area contributed by atoms with E-state index in [0.29, 0.717) is 12.0 Å². The van der Waals surface area contributed by atoms with Crippen LogP contribution in [0, 0.1) is 5.92 Å². The third-order valence-corrected chi connectivity index (χ3v) is 5.56. The van der Waals surface area contributed by atoms with Gasteiger partial charge in [-0.2, -0.15) is 0 Å². The Morgan fingerprint density at radius 1 is 1.05 bits per heavy atom. The minimum Gasteiger partial charge on any atom is -0.490 e. The van der Waals surface area contributed by atoms with Crippen LogP contribution in [0.15, 0.2) is 23.1 Å². The van der Waals surface area contributed by atoms with Crippen LogP contribution in [0.2, 0.25) is 0 Å². The van der Waals surface area contributed by atoms with Gasteiger partial charge in [-0.3, -0.25) is 0 Å². The van der Waals surface area contributed by atoms with Gasteiger partial charge < -0.3 is 15.2 Å². The van der Waals surface area contributed by atoms with Crippen molar-refractivity contribution in [3.8, 4) is 11.5 Å². The molecule has 0 spiro atoms. The summed E-state index contributed by atoms with van der Waals surface area (Å²) in [6, 6.07) is 6.55. The van der Waals surface area contributed by atoms with Crippen LogP contribution in [0.3, 0.4) is 0 Å². The number of benzene rings is 1. The summed E-state index contributed by atoms with van der Waals surface area (Å²) in [5.74, 6) is 3.45. The monoisotopic (exact) mass is 307 g/mol. The lowest BCUT2D eigenvalue weighted by molar-refractivity contribution is 0.297. The number of nitrogens with two attached hydrogens (primary N) is 1. The number of thioether (sulfide) groups is 1. The number of hydrogen-bond acceptors (Lipinski definition) is 4. The van der Waals surface area contributed by atoms with Gasteiger partial charge in [0.2, 0.25) is 0 Å². The van der Waals surface area contributed by atoms with Gasteiger partial charge in [0.05, 0.1) is 13.2 Å². The van der Waals surface area contributed by atoms with Crippen molar-refractivity contribution in [2.75, 3.05) is 19.0 Å². The largest absolute Gasteiger partial charge is 0.490 e. The van der Waals surface area contributed by atoms with Gasteiger partial charge in [-0.05, 0) is 37.0 Å². The maximum absolute atomic E-state index is 6.38. The van der Waals surface area contributed by atoms with E-state index in [1.165, 1.54) is 37.0 Å². The quantitative estimate of drug-likeness (QED) is 0.858. The summed E-state index contributed by atoms with van der Waals surface area (Å²) in [6.07, 6.45) is 7.66. The second-order valence-corrected chi connectivity index (χ2v) is 7.13. The second kappa shape index (κ2) is 7.41. The van der Waals surface area contributed by atoms with Crippen molar-refractivity contribution in [1.29, 1.82) is 0 Å². The smallest absolute Gasteiger partial charge is 0.162 e. The zero-order chi connectivity index (χ0) is 14.5. The lowest BCUT2D eigenvalue weighted by atomic mass is 9.85. The summed E-state index contributed by atoms with van der Waals surface area (Å²) < 4.78 is 11.4. The summed E-state index contributed by atoms with van der Waals surface area (Å²) >= 11 is 1.84. The van der Waals surface area contributed by atoms with Gasteiger partial charge in [0.25, 0.3) is 0 Å². The van der Waals surface area contributed by atoms with Crippen LogP contribution in [0.1, 0.15) is 38.5 Å². The summed E-state index contributed by atoms with van der Waals surface area (Å²) in [6.45, 7) is 1.48. The van der Waals surface area contributed by atoms with Crippen LogP contribution < -0.4 is 15.2 Å². The first-order valence-corrected chi connectivity index (χ1v) is 9.09. The summed E-state index contributed by atoms with van der Waals surface area (Å²) in [5.41, 5.74) is 6.38. The molecule has 1 aliphatic heterocycles. The first-order valence-electron chi connectivity index (χ1n) is 8.11. The molecule has 2 aliphatic rings. The van der Waals surface area contributed by atoms with E-state index >= 15 is 0 Å². The standard InChI is InChI=1S/C17H25NO2S/c18-15(13-5-2-1-3-6-13)12-21-14-7-8-16-17(11-14)20-10-4-9-19-16/h7-8,11,13,15H,1-6,9-10,12,18H2. The van der Waals surface area contributed by atoms with Crippen molar-refractivity contribution >= 4 is 11.8 Å². The molecule has 2 N–H and O–H groups in total. The van der Waals surface area contributed by atoms with Gasteiger partial charge in [-0.1, -0.05) is 19.3 Å². The minimum atomic E-state index is 0.311. The highest BCUT2D eigenvalue weighted by molar-refractivity contribution is 7.99. The topological polar surface area (TPSA) is 44.5 Å². The van der Waals surface area contributed by atoms with E-state index in [9.17, 15) is 0 Å². The van der Waals surface area contributed by atoms with Crippen LogP contribution in [0.25, 0.3) is 0 Å². The molecule has 1 heterocycles. The van der Waals surface area contributed by atoms with Gasteiger partial charge in [-0.15, -0.1) is 11.8 Å². The molecule has 3 rings (SSSR count). The van der Waals surface area contributed by atoms with E-state index in [1.54, 1.807) is 0 Å². The van der Waals surface area contributed by atoms with E-state index in [-0.39, 0.29) is 0 Å². The fourth-order valence-electron chi connectivity index (χ4n) is 3.12. The van der Waals surface area contributed by atoms with Crippen LogP contribution >= 0.6 is 11.8 Å². The lowest BCUT2D eigenvalue weighted by Gasteiger charge is -2.27. The summed E-state index contributed by atoms with van der Waals surface area (Å²) in [7, 11) is 0. The minimum absolute atomic E-state index is 0.311. The Bertz CT molecular complexity index is 460. The number of hydrogen-bond donors (Lipinski definition) is 1. The Labute approximate surface area is 131 Å². The Morgan fingerprint density at radius 3 is 2.62 bits per heavy atom. The molecule has 4 heteroatoms. The van der Waals surface area contributed by atoms with Crippen molar-refractivity contribution < 1.29 is 9.47 Å². The third-order valence-electron chi connectivity index (χ3n) is 4.42. The fraction of sp³-hybridized carbons (Fsp3) is 0.647. The molecule has 1 aromatic carbocycles. The van der Waals surface area contributed by atoms with E-state index in [1.807, 2.05) is 17.8 Å². The molecule has 1 aromatic rings. The molecule has 1 saturated carbocycles. The molecule has 0 aromatic heterocycles. The number of ether oxygens (including phenoxy) is 2. The average molecular weight is 307 g/mol. The molecule has 0 saturated heterocycles. The number of fused-ring (bicyclic) bond motifs is 1. The van der Waals surface area contributed by atoms with Crippen molar-refractivity contribution in [3.05, 3.63) is 18.2 Å². The van der Waals surface area contributed by atoms with Crippen LogP contribution in [-0.4, -0.2) is 25.0 Å². The molecule has 1 fully saturated rings. The van der Waals surface area contributed by atoms with E-state index < -0.39 is 0 Å². The van der Waals surface area contributed by atoms with Crippen LogP contribution in [0.5, 0.6) is 11.5 Å². The molecule has 1 unspecified atom stereocenters. The molecule has 3 nitrogen and oxygen atoms in total. The molecular formula is C17H25NO2S. The predicted molar refractivity (Wildman–Crippen MR) is 87.3 cm³/mol. The lowest BCUT2D eigenvalue weighted by Crippen LogP contribution is -2.33. The van der Waals surface area contributed by atoms with Gasteiger partial charge in [0, 0.05) is 23.1 Å². The third kappa shape index (κ3) is 4.07. The van der Waals surface area contributed by atoms with Gasteiger partial charge in [-0.25, -0.2) is 0 Å². The normalized spacial score (nSPS) is 20.8. The SMILES string of the molecule is NC(CSc1ccc2c(c1)OCCCO2)C1CCCCC1. The maximum Gasteiger partial charge on any atom is 0.162 e.